The van der Waals surface area contributed by atoms with Gasteiger partial charge in [-0.15, -0.1) is 0 Å². The van der Waals surface area contributed by atoms with Crippen LogP contribution in [0.3, 0.4) is 0 Å². The molecule has 1 N–H and O–H groups in total. The fourth-order valence-corrected chi connectivity index (χ4v) is 3.43. The van der Waals surface area contributed by atoms with Crippen LogP contribution in [0.5, 0.6) is 0 Å². The summed E-state index contributed by atoms with van der Waals surface area (Å²) >= 11 is 0. The second kappa shape index (κ2) is 10.9. The first-order valence-corrected chi connectivity index (χ1v) is 10.8. The molecule has 0 rings (SSSR count). The Morgan fingerprint density at radius 3 is 1.07 bits per heavy atom. The molecule has 0 aliphatic rings. The van der Waals surface area contributed by atoms with Gasteiger partial charge in [-0.05, 0) is 0 Å². The summed E-state index contributed by atoms with van der Waals surface area (Å²) < 4.78 is 275. The number of nitrogens with zero attached hydrogens (tertiary/aromatic N) is 1. The summed E-state index contributed by atoms with van der Waals surface area (Å²) in [6, 6.07) is 0. The minimum Gasteiger partial charge on any atom is -1.00 e. The van der Waals surface area contributed by atoms with Crippen molar-refractivity contribution in [1.29, 1.82) is 0 Å². The number of hydrogen-bond donors (Lipinski definition) is 1. The van der Waals surface area contributed by atoms with Crippen LogP contribution in [0.15, 0.2) is 0 Å². The lowest BCUT2D eigenvalue weighted by molar-refractivity contribution is -0.870. The highest BCUT2D eigenvalue weighted by Crippen LogP contribution is 2.65. The highest BCUT2D eigenvalue weighted by Gasteiger charge is 2.97. The first kappa shape index (κ1) is 41.2. The highest BCUT2D eigenvalue weighted by atomic mass is 79.9. The minimum atomic E-state index is -9.11. The van der Waals surface area contributed by atoms with E-state index in [0.29, 0.717) is 4.72 Å². The first-order chi connectivity index (χ1) is 16.5. The van der Waals surface area contributed by atoms with Crippen molar-refractivity contribution in [3.05, 3.63) is 0 Å². The number of quaternary nitrogens is 1. The van der Waals surface area contributed by atoms with Gasteiger partial charge in [-0.3, -0.25) is 0 Å². The summed E-state index contributed by atoms with van der Waals surface area (Å²) in [5.74, 6) is -61.7. The molecular formula is C15H16BrF19N2O2S. The molecule has 0 aliphatic heterocycles. The topological polar surface area (TPSA) is 46.2 Å². The van der Waals surface area contributed by atoms with Crippen molar-refractivity contribution in [3.63, 3.8) is 0 Å². The second-order valence-electron chi connectivity index (χ2n) is 8.80. The van der Waals surface area contributed by atoms with Crippen molar-refractivity contribution >= 4 is 10.0 Å². The van der Waals surface area contributed by atoms with Crippen LogP contribution in [0.2, 0.25) is 0 Å². The number of rotatable bonds is 13. The highest BCUT2D eigenvalue weighted by molar-refractivity contribution is 7.90. The molecule has 0 radical (unpaired) electrons. The monoisotopic (exact) mass is 728 g/mol. The van der Waals surface area contributed by atoms with E-state index in [1.165, 1.54) is 21.1 Å². The minimum absolute atomic E-state index is 0. The smallest absolute Gasteiger partial charge is 0.460 e. The summed E-state index contributed by atoms with van der Waals surface area (Å²) in [4.78, 5) is 0. The Balaban J connectivity index is 0. The molecule has 0 unspecified atom stereocenters. The van der Waals surface area contributed by atoms with E-state index in [0.717, 1.165) is 0 Å². The normalized spacial score (nSPS) is 16.1. The predicted octanol–water partition coefficient (Wildman–Crippen LogP) is 2.61. The number of sulfonamides is 1. The molecule has 0 aliphatic carbocycles. The van der Waals surface area contributed by atoms with Gasteiger partial charge in [0, 0.05) is 13.0 Å². The largest absolute Gasteiger partial charge is 1.00 e. The van der Waals surface area contributed by atoms with Crippen molar-refractivity contribution in [2.45, 2.75) is 59.3 Å². The SMILES string of the molecule is C[N+](C)(C)CCCNS(=O)(=O)C(F)(F)C(F)(F)C(F)(F)C(F)(F)C(F)(F)C(F)(F)C(F)(F)C(F)(F)C(F)(F)F.[Br-]. The zero-order valence-corrected chi connectivity index (χ0v) is 21.8. The molecule has 0 amide bonds. The maximum Gasteiger partial charge on any atom is 0.460 e. The van der Waals surface area contributed by atoms with E-state index in [4.69, 9.17) is 0 Å². The molecule has 4 nitrogen and oxygen atoms in total. The lowest BCUT2D eigenvalue weighted by Crippen LogP contribution is -3.00. The van der Waals surface area contributed by atoms with Crippen molar-refractivity contribution in [2.75, 3.05) is 34.2 Å². The summed E-state index contributed by atoms with van der Waals surface area (Å²) in [6.45, 7) is -1.50. The fraction of sp³-hybridized carbons (Fsp3) is 1.00. The maximum absolute atomic E-state index is 13.9. The molecule has 0 aromatic carbocycles. The second-order valence-corrected chi connectivity index (χ2v) is 10.6. The molecule has 0 fully saturated rings. The van der Waals surface area contributed by atoms with Gasteiger partial charge in [-0.1, -0.05) is 0 Å². The number of halogens is 20. The molecule has 0 aromatic heterocycles. The van der Waals surface area contributed by atoms with Gasteiger partial charge in [0.2, 0.25) is 0 Å². The lowest BCUT2D eigenvalue weighted by Gasteiger charge is -2.43. The summed E-state index contributed by atoms with van der Waals surface area (Å²) in [6.07, 6.45) is -8.54. The Hall–Kier alpha value is -0.980. The quantitative estimate of drug-likeness (QED) is 0.180. The Kier molecular flexibility index (Phi) is 11.3. The molecule has 0 bridgehead atoms. The van der Waals surface area contributed by atoms with Crippen LogP contribution in [0, 0.1) is 0 Å². The summed E-state index contributed by atoms with van der Waals surface area (Å²) in [5, 5.41) is -7.65. The van der Waals surface area contributed by atoms with Crippen LogP contribution in [0.25, 0.3) is 0 Å². The molecule has 40 heavy (non-hydrogen) atoms. The van der Waals surface area contributed by atoms with Gasteiger partial charge in [-0.25, -0.2) is 13.1 Å². The van der Waals surface area contributed by atoms with Gasteiger partial charge >= 0.3 is 52.9 Å². The molecule has 0 aromatic rings. The molecule has 0 heterocycles. The maximum atomic E-state index is 13.9. The van der Waals surface area contributed by atoms with Crippen LogP contribution in [-0.2, 0) is 10.0 Å². The van der Waals surface area contributed by atoms with Crippen LogP contribution >= 0.6 is 0 Å². The number of hydrogen-bond acceptors (Lipinski definition) is 2. The Morgan fingerprint density at radius 1 is 0.525 bits per heavy atom. The van der Waals surface area contributed by atoms with E-state index in [2.05, 4.69) is 0 Å². The first-order valence-electron chi connectivity index (χ1n) is 9.34. The Bertz CT molecular complexity index is 989. The van der Waals surface area contributed by atoms with Gasteiger partial charge < -0.3 is 21.5 Å². The van der Waals surface area contributed by atoms with E-state index >= 15 is 0 Å². The van der Waals surface area contributed by atoms with Crippen molar-refractivity contribution < 1.29 is 113 Å². The molecule has 244 valence electrons. The standard InChI is InChI=1S/C15H16F19N2O2S.BrH/c1-36(2,3)6-4-5-35-39(37,38)15(33,34)13(28,29)11(24,25)9(20,21)7(16,17)8(18,19)10(22,23)12(26,27)14(30,31)32;/h35H,4-6H2,1-3H3;1H/q+1;/p-1. The lowest BCUT2D eigenvalue weighted by atomic mass is 9.89. The third-order valence-corrected chi connectivity index (χ3v) is 6.24. The summed E-state index contributed by atoms with van der Waals surface area (Å²) in [5.41, 5.74) is 0. The Labute approximate surface area is 222 Å². The van der Waals surface area contributed by atoms with E-state index in [9.17, 15) is 91.8 Å². The number of alkyl halides is 19. The third kappa shape index (κ3) is 6.06. The third-order valence-electron chi connectivity index (χ3n) is 4.72. The molecular weight excluding hydrogens is 713 g/mol. The Morgan fingerprint density at radius 2 is 0.800 bits per heavy atom. The van der Waals surface area contributed by atoms with E-state index in [-0.39, 0.29) is 28.0 Å². The van der Waals surface area contributed by atoms with Crippen LogP contribution in [0.4, 0.5) is 83.4 Å². The molecule has 0 saturated heterocycles. The van der Waals surface area contributed by atoms with Crippen LogP contribution in [-0.4, -0.2) is 100 Å². The van der Waals surface area contributed by atoms with Crippen molar-refractivity contribution in [2.24, 2.45) is 0 Å². The van der Waals surface area contributed by atoms with E-state index in [1.807, 2.05) is 0 Å². The summed E-state index contributed by atoms with van der Waals surface area (Å²) in [7, 11) is -3.16. The number of nitrogens with one attached hydrogen (secondary N) is 1. The molecule has 0 spiro atoms. The average molecular weight is 729 g/mol. The van der Waals surface area contributed by atoms with Gasteiger partial charge in [0.15, 0.2) is 0 Å². The zero-order valence-electron chi connectivity index (χ0n) is 19.4. The fourth-order valence-electron chi connectivity index (χ4n) is 2.37. The molecule has 25 heteroatoms. The van der Waals surface area contributed by atoms with Crippen molar-refractivity contribution in [1.82, 2.24) is 4.72 Å². The van der Waals surface area contributed by atoms with Gasteiger partial charge in [0.25, 0.3) is 10.0 Å². The zero-order chi connectivity index (χ0) is 32.3. The van der Waals surface area contributed by atoms with Crippen LogP contribution < -0.4 is 21.7 Å². The van der Waals surface area contributed by atoms with Gasteiger partial charge in [-0.2, -0.15) is 83.4 Å². The van der Waals surface area contributed by atoms with Gasteiger partial charge in [0.1, 0.15) is 0 Å². The van der Waals surface area contributed by atoms with E-state index < -0.39 is 75.9 Å². The molecule has 0 saturated carbocycles. The van der Waals surface area contributed by atoms with Crippen LogP contribution in [0.1, 0.15) is 6.42 Å². The molecule has 0 atom stereocenters. The predicted molar refractivity (Wildman–Crippen MR) is 90.1 cm³/mol. The van der Waals surface area contributed by atoms with E-state index in [1.54, 1.807) is 0 Å². The van der Waals surface area contributed by atoms with Crippen molar-refractivity contribution in [3.8, 4) is 0 Å². The van der Waals surface area contributed by atoms with Gasteiger partial charge in [0.05, 0.1) is 27.7 Å². The average Bonchev–Trinajstić information content (AvgIpc) is 2.68.